The molecule has 0 aromatic heterocycles. The summed E-state index contributed by atoms with van der Waals surface area (Å²) in [4.78, 5) is 14.5. The van der Waals surface area contributed by atoms with Gasteiger partial charge in [0.25, 0.3) is 0 Å². The van der Waals surface area contributed by atoms with Crippen LogP contribution in [-0.2, 0) is 20.4 Å². The standard InChI is InChI=1S/C21H28F3NO5/c1-27-20(15-4-2-3-5-15)30-18-14-16(6-7-17(18)21(22,23)24)19(26)29-13-10-25-8-11-28-12-9-25/h6-7,14-15,20H,2-5,8-13H2,1H3. The number of nitrogens with zero attached hydrogens (tertiary/aromatic N) is 1. The van der Waals surface area contributed by atoms with Gasteiger partial charge < -0.3 is 18.9 Å². The minimum Gasteiger partial charge on any atom is -0.464 e. The second-order valence-electron chi connectivity index (χ2n) is 7.57. The quantitative estimate of drug-likeness (QED) is 0.462. The van der Waals surface area contributed by atoms with Crippen molar-refractivity contribution in [1.29, 1.82) is 0 Å². The van der Waals surface area contributed by atoms with Crippen LogP contribution in [0.3, 0.4) is 0 Å². The van der Waals surface area contributed by atoms with Crippen LogP contribution in [-0.4, -0.2) is 63.7 Å². The molecule has 1 aliphatic heterocycles. The molecule has 3 rings (SSSR count). The van der Waals surface area contributed by atoms with Crippen molar-refractivity contribution < 1.29 is 36.9 Å². The SMILES string of the molecule is COC(Oc1cc(C(=O)OCCN2CCOCC2)ccc1C(F)(F)F)C1CCCC1. The summed E-state index contributed by atoms with van der Waals surface area (Å²) in [5.74, 6) is -1.07. The minimum absolute atomic E-state index is 0.0150. The molecule has 0 radical (unpaired) electrons. The van der Waals surface area contributed by atoms with Gasteiger partial charge in [-0.1, -0.05) is 12.8 Å². The van der Waals surface area contributed by atoms with Crippen molar-refractivity contribution in [3.05, 3.63) is 29.3 Å². The molecule has 1 saturated carbocycles. The lowest BCUT2D eigenvalue weighted by molar-refractivity contribution is -0.143. The van der Waals surface area contributed by atoms with Gasteiger partial charge in [-0.3, -0.25) is 4.90 Å². The highest BCUT2D eigenvalue weighted by molar-refractivity contribution is 5.90. The number of carbonyl (C=O) groups is 1. The first-order valence-electron chi connectivity index (χ1n) is 10.3. The van der Waals surface area contributed by atoms with E-state index in [0.29, 0.717) is 19.8 Å². The van der Waals surface area contributed by atoms with Crippen molar-refractivity contribution in [1.82, 2.24) is 4.90 Å². The first-order chi connectivity index (χ1) is 14.4. The summed E-state index contributed by atoms with van der Waals surface area (Å²) < 4.78 is 61.9. The predicted octanol–water partition coefficient (Wildman–Crippen LogP) is 3.74. The maximum Gasteiger partial charge on any atom is 0.419 e. The lowest BCUT2D eigenvalue weighted by Gasteiger charge is -2.26. The highest BCUT2D eigenvalue weighted by Crippen LogP contribution is 2.39. The maximum absolute atomic E-state index is 13.5. The lowest BCUT2D eigenvalue weighted by atomic mass is 10.1. The molecule has 0 amide bonds. The molecule has 1 heterocycles. The number of halogens is 3. The molecule has 0 bridgehead atoms. The number of carbonyl (C=O) groups excluding carboxylic acids is 1. The van der Waals surface area contributed by atoms with Gasteiger partial charge in [-0.15, -0.1) is 0 Å². The molecule has 0 spiro atoms. The molecule has 2 aliphatic rings. The third-order valence-corrected chi connectivity index (χ3v) is 5.53. The molecule has 0 N–H and O–H groups in total. The first-order valence-corrected chi connectivity index (χ1v) is 10.3. The van der Waals surface area contributed by atoms with E-state index in [1.165, 1.54) is 7.11 Å². The van der Waals surface area contributed by atoms with Crippen molar-refractivity contribution in [3.63, 3.8) is 0 Å². The van der Waals surface area contributed by atoms with Gasteiger partial charge in [0.2, 0.25) is 6.29 Å². The van der Waals surface area contributed by atoms with E-state index in [-0.39, 0.29) is 18.1 Å². The van der Waals surface area contributed by atoms with Gasteiger partial charge in [-0.2, -0.15) is 13.2 Å². The molecule has 1 aromatic rings. The Morgan fingerprint density at radius 2 is 1.93 bits per heavy atom. The summed E-state index contributed by atoms with van der Waals surface area (Å²) in [6.07, 6.45) is -1.74. The van der Waals surface area contributed by atoms with Crippen LogP contribution in [0.4, 0.5) is 13.2 Å². The van der Waals surface area contributed by atoms with Crippen LogP contribution in [0.5, 0.6) is 5.75 Å². The van der Waals surface area contributed by atoms with E-state index in [1.54, 1.807) is 0 Å². The highest BCUT2D eigenvalue weighted by atomic mass is 19.4. The second-order valence-corrected chi connectivity index (χ2v) is 7.57. The van der Waals surface area contributed by atoms with E-state index in [2.05, 4.69) is 4.90 Å². The zero-order valence-electron chi connectivity index (χ0n) is 17.1. The predicted molar refractivity (Wildman–Crippen MR) is 102 cm³/mol. The zero-order chi connectivity index (χ0) is 21.6. The van der Waals surface area contributed by atoms with E-state index in [0.717, 1.165) is 57.0 Å². The number of rotatable bonds is 8. The second kappa shape index (κ2) is 10.5. The molecule has 1 unspecified atom stereocenters. The van der Waals surface area contributed by atoms with Crippen LogP contribution in [0.2, 0.25) is 0 Å². The maximum atomic E-state index is 13.5. The van der Waals surface area contributed by atoms with Crippen molar-refractivity contribution in [2.24, 2.45) is 5.92 Å². The smallest absolute Gasteiger partial charge is 0.419 e. The van der Waals surface area contributed by atoms with Gasteiger partial charge in [-0.25, -0.2) is 4.79 Å². The number of morpholine rings is 1. The van der Waals surface area contributed by atoms with Crippen LogP contribution >= 0.6 is 0 Å². The molecule has 1 aromatic carbocycles. The van der Waals surface area contributed by atoms with Crippen molar-refractivity contribution in [2.75, 3.05) is 46.6 Å². The molecule has 6 nitrogen and oxygen atoms in total. The van der Waals surface area contributed by atoms with Gasteiger partial charge in [-0.05, 0) is 31.0 Å². The Morgan fingerprint density at radius 1 is 1.23 bits per heavy atom. The molecule has 9 heteroatoms. The largest absolute Gasteiger partial charge is 0.464 e. The van der Waals surface area contributed by atoms with E-state index in [9.17, 15) is 18.0 Å². The topological polar surface area (TPSA) is 57.2 Å². The monoisotopic (exact) mass is 431 g/mol. The molecular weight excluding hydrogens is 403 g/mol. The summed E-state index contributed by atoms with van der Waals surface area (Å²) in [6.45, 7) is 3.49. The zero-order valence-corrected chi connectivity index (χ0v) is 17.1. The minimum atomic E-state index is -4.61. The van der Waals surface area contributed by atoms with Gasteiger partial charge in [0.15, 0.2) is 0 Å². The fourth-order valence-electron chi connectivity index (χ4n) is 3.85. The summed E-state index contributed by atoms with van der Waals surface area (Å²) >= 11 is 0. The Hall–Kier alpha value is -1.84. The normalized spacial score (nSPS) is 19.6. The van der Waals surface area contributed by atoms with E-state index >= 15 is 0 Å². The molecule has 2 fully saturated rings. The molecule has 30 heavy (non-hydrogen) atoms. The number of hydrogen-bond donors (Lipinski definition) is 0. The summed E-state index contributed by atoms with van der Waals surface area (Å²) in [6, 6.07) is 3.07. The Morgan fingerprint density at radius 3 is 2.57 bits per heavy atom. The van der Waals surface area contributed by atoms with Crippen molar-refractivity contribution >= 4 is 5.97 Å². The van der Waals surface area contributed by atoms with Gasteiger partial charge in [0, 0.05) is 32.7 Å². The van der Waals surface area contributed by atoms with Crippen LogP contribution in [0.25, 0.3) is 0 Å². The molecule has 1 saturated heterocycles. The van der Waals surface area contributed by atoms with Crippen LogP contribution in [0, 0.1) is 5.92 Å². The van der Waals surface area contributed by atoms with Crippen molar-refractivity contribution in [2.45, 2.75) is 38.1 Å². The van der Waals surface area contributed by atoms with Crippen LogP contribution < -0.4 is 4.74 Å². The Labute approximate surface area is 174 Å². The third kappa shape index (κ3) is 6.09. The average molecular weight is 431 g/mol. The van der Waals surface area contributed by atoms with E-state index in [4.69, 9.17) is 18.9 Å². The Bertz CT molecular complexity index is 700. The number of methoxy groups -OCH3 is 1. The number of benzene rings is 1. The van der Waals surface area contributed by atoms with Crippen LogP contribution in [0.15, 0.2) is 18.2 Å². The third-order valence-electron chi connectivity index (χ3n) is 5.53. The summed E-state index contributed by atoms with van der Waals surface area (Å²) in [5.41, 5.74) is -0.923. The molecule has 168 valence electrons. The Kier molecular flexibility index (Phi) is 7.96. The van der Waals surface area contributed by atoms with Crippen molar-refractivity contribution in [3.8, 4) is 5.75 Å². The highest BCUT2D eigenvalue weighted by Gasteiger charge is 2.37. The number of ether oxygens (including phenoxy) is 4. The average Bonchev–Trinajstić information content (AvgIpc) is 3.26. The Balaban J connectivity index is 1.68. The summed E-state index contributed by atoms with van der Waals surface area (Å²) in [7, 11) is 1.42. The van der Waals surface area contributed by atoms with Gasteiger partial charge in [0.05, 0.1) is 24.3 Å². The lowest BCUT2D eigenvalue weighted by Crippen LogP contribution is -2.38. The van der Waals surface area contributed by atoms with E-state index in [1.807, 2.05) is 0 Å². The fraction of sp³-hybridized carbons (Fsp3) is 0.667. The molecule has 1 atom stereocenters. The number of alkyl halides is 3. The molecular formula is C21H28F3NO5. The van der Waals surface area contributed by atoms with Gasteiger partial charge in [0.1, 0.15) is 12.4 Å². The number of esters is 1. The number of hydrogen-bond acceptors (Lipinski definition) is 6. The summed E-state index contributed by atoms with van der Waals surface area (Å²) in [5, 5.41) is 0. The van der Waals surface area contributed by atoms with Gasteiger partial charge >= 0.3 is 12.1 Å². The van der Waals surface area contributed by atoms with E-state index < -0.39 is 29.7 Å². The fourth-order valence-corrected chi connectivity index (χ4v) is 3.85. The van der Waals surface area contributed by atoms with Crippen LogP contribution in [0.1, 0.15) is 41.6 Å². The molecule has 1 aliphatic carbocycles. The first kappa shape index (κ1) is 22.8.